The average molecular weight is 840 g/mol. The van der Waals surface area contributed by atoms with Gasteiger partial charge in [-0.2, -0.15) is 0 Å². The van der Waals surface area contributed by atoms with E-state index in [4.69, 9.17) is 0 Å². The minimum absolute atomic E-state index is 0.510. The average Bonchev–Trinajstić information content (AvgIpc) is 3.71. The molecule has 0 fully saturated rings. The SMILES string of the molecule is c1ccc(-c2cccc(-c3ccc(N(c4ccc(-c5cccc(-c6ccc7ccccc7c6)c5)cc4)c4cccc5c4-c4ccccc4C5(c4ccccc4)c4ccccc4)cc3)c2)cc1. The molecule has 0 amide bonds. The van der Waals surface area contributed by atoms with Gasteiger partial charge in [0.05, 0.1) is 11.1 Å². The molecule has 0 aromatic heterocycles. The van der Waals surface area contributed by atoms with Crippen molar-refractivity contribution in [3.8, 4) is 55.6 Å². The molecule has 0 bridgehead atoms. The largest absolute Gasteiger partial charge is 0.310 e. The Hall–Kier alpha value is -8.52. The van der Waals surface area contributed by atoms with E-state index in [0.29, 0.717) is 0 Å². The second-order valence-electron chi connectivity index (χ2n) is 17.2. The Morgan fingerprint density at radius 3 is 1.26 bits per heavy atom. The zero-order valence-corrected chi connectivity index (χ0v) is 36.4. The van der Waals surface area contributed by atoms with E-state index < -0.39 is 5.41 Å². The quantitative estimate of drug-likeness (QED) is 0.140. The maximum atomic E-state index is 2.46. The molecule has 0 saturated heterocycles. The summed E-state index contributed by atoms with van der Waals surface area (Å²) in [5, 5.41) is 2.50. The summed E-state index contributed by atoms with van der Waals surface area (Å²) in [4.78, 5) is 2.46. The lowest BCUT2D eigenvalue weighted by atomic mass is 9.68. The van der Waals surface area contributed by atoms with E-state index in [0.717, 1.165) is 17.1 Å². The molecule has 0 saturated carbocycles. The molecule has 66 heavy (non-hydrogen) atoms. The van der Waals surface area contributed by atoms with Crippen molar-refractivity contribution in [3.63, 3.8) is 0 Å². The van der Waals surface area contributed by atoms with Crippen LogP contribution in [0, 0.1) is 0 Å². The smallest absolute Gasteiger partial charge is 0.0714 e. The number of hydrogen-bond acceptors (Lipinski definition) is 1. The first-order valence-corrected chi connectivity index (χ1v) is 22.8. The van der Waals surface area contributed by atoms with Gasteiger partial charge in [-0.3, -0.25) is 0 Å². The minimum Gasteiger partial charge on any atom is -0.310 e. The first-order valence-electron chi connectivity index (χ1n) is 22.8. The van der Waals surface area contributed by atoms with Gasteiger partial charge in [0.2, 0.25) is 0 Å². The molecule has 0 atom stereocenters. The van der Waals surface area contributed by atoms with Crippen LogP contribution in [-0.4, -0.2) is 0 Å². The Bertz CT molecular complexity index is 3460. The van der Waals surface area contributed by atoms with E-state index in [-0.39, 0.29) is 0 Å². The van der Waals surface area contributed by atoms with E-state index in [1.165, 1.54) is 88.7 Å². The Morgan fingerprint density at radius 2 is 0.667 bits per heavy atom. The Kier molecular flexibility index (Phi) is 9.81. The molecule has 0 aliphatic heterocycles. The highest BCUT2D eigenvalue weighted by Crippen LogP contribution is 2.59. The van der Waals surface area contributed by atoms with Crippen molar-refractivity contribution < 1.29 is 0 Å². The lowest BCUT2D eigenvalue weighted by Gasteiger charge is -2.34. The monoisotopic (exact) mass is 839 g/mol. The van der Waals surface area contributed by atoms with Gasteiger partial charge in [-0.05, 0) is 132 Å². The number of fused-ring (bicyclic) bond motifs is 4. The first kappa shape index (κ1) is 39.1. The van der Waals surface area contributed by atoms with Gasteiger partial charge in [-0.1, -0.05) is 224 Å². The van der Waals surface area contributed by atoms with E-state index in [9.17, 15) is 0 Å². The Labute approximate surface area is 387 Å². The molecule has 0 radical (unpaired) electrons. The van der Waals surface area contributed by atoms with Crippen LogP contribution in [0.2, 0.25) is 0 Å². The summed E-state index contributed by atoms with van der Waals surface area (Å²) in [7, 11) is 0. The Morgan fingerprint density at radius 1 is 0.258 bits per heavy atom. The van der Waals surface area contributed by atoms with Gasteiger partial charge in [0.25, 0.3) is 0 Å². The van der Waals surface area contributed by atoms with Gasteiger partial charge in [0.15, 0.2) is 0 Å². The summed E-state index contributed by atoms with van der Waals surface area (Å²) < 4.78 is 0. The lowest BCUT2D eigenvalue weighted by Crippen LogP contribution is -2.28. The summed E-state index contributed by atoms with van der Waals surface area (Å²) in [6, 6.07) is 100. The highest BCUT2D eigenvalue weighted by atomic mass is 15.1. The predicted octanol–water partition coefficient (Wildman–Crippen LogP) is 17.3. The van der Waals surface area contributed by atoms with Crippen LogP contribution in [-0.2, 0) is 5.41 Å². The number of anilines is 3. The van der Waals surface area contributed by atoms with Gasteiger partial charge in [0, 0.05) is 16.9 Å². The van der Waals surface area contributed by atoms with Crippen LogP contribution in [0.15, 0.2) is 273 Å². The molecule has 11 aromatic carbocycles. The van der Waals surface area contributed by atoms with E-state index >= 15 is 0 Å². The van der Waals surface area contributed by atoms with Crippen LogP contribution in [0.3, 0.4) is 0 Å². The van der Waals surface area contributed by atoms with Gasteiger partial charge in [0.1, 0.15) is 0 Å². The van der Waals surface area contributed by atoms with Crippen molar-refractivity contribution in [1.29, 1.82) is 0 Å². The number of rotatable bonds is 9. The third-order valence-corrected chi connectivity index (χ3v) is 13.5. The predicted molar refractivity (Wildman–Crippen MR) is 278 cm³/mol. The van der Waals surface area contributed by atoms with Crippen LogP contribution in [0.5, 0.6) is 0 Å². The van der Waals surface area contributed by atoms with E-state index in [2.05, 4.69) is 278 Å². The van der Waals surface area contributed by atoms with Gasteiger partial charge >= 0.3 is 0 Å². The Balaban J connectivity index is 1.01. The fourth-order valence-corrected chi connectivity index (χ4v) is 10.4. The number of hydrogen-bond donors (Lipinski definition) is 0. The second kappa shape index (κ2) is 16.6. The summed E-state index contributed by atoms with van der Waals surface area (Å²) in [6.07, 6.45) is 0. The molecule has 310 valence electrons. The molecule has 1 heteroatoms. The van der Waals surface area contributed by atoms with Crippen molar-refractivity contribution in [2.45, 2.75) is 5.41 Å². The van der Waals surface area contributed by atoms with Crippen LogP contribution in [0.25, 0.3) is 66.4 Å². The lowest BCUT2D eigenvalue weighted by molar-refractivity contribution is 0.768. The number of benzene rings is 11. The molecular weight excluding hydrogens is 795 g/mol. The van der Waals surface area contributed by atoms with Crippen LogP contribution in [0.4, 0.5) is 17.1 Å². The van der Waals surface area contributed by atoms with E-state index in [1.807, 2.05) is 0 Å². The fraction of sp³-hybridized carbons (Fsp3) is 0.0154. The molecule has 1 aliphatic carbocycles. The molecule has 12 rings (SSSR count). The van der Waals surface area contributed by atoms with Crippen molar-refractivity contribution in [3.05, 3.63) is 295 Å². The van der Waals surface area contributed by atoms with Crippen molar-refractivity contribution in [1.82, 2.24) is 0 Å². The summed E-state index contributed by atoms with van der Waals surface area (Å²) >= 11 is 0. The third-order valence-electron chi connectivity index (χ3n) is 13.5. The zero-order valence-electron chi connectivity index (χ0n) is 36.4. The highest BCUT2D eigenvalue weighted by Gasteiger charge is 2.47. The zero-order chi connectivity index (χ0) is 43.9. The highest BCUT2D eigenvalue weighted by molar-refractivity contribution is 5.98. The molecule has 1 nitrogen and oxygen atoms in total. The van der Waals surface area contributed by atoms with Gasteiger partial charge in [-0.15, -0.1) is 0 Å². The fourth-order valence-electron chi connectivity index (χ4n) is 10.4. The molecule has 0 unspecified atom stereocenters. The van der Waals surface area contributed by atoms with Gasteiger partial charge < -0.3 is 4.90 Å². The summed E-state index contributed by atoms with van der Waals surface area (Å²) in [6.45, 7) is 0. The number of nitrogens with zero attached hydrogens (tertiary/aromatic N) is 1. The standard InChI is InChI=1S/C65H45N/c1-4-17-46(18-5-1)51-21-14-22-52(43-51)48-35-39-58(40-36-48)66(59-41-37-49(38-42-59)53-23-15-24-54(44-53)55-34-33-47-19-10-11-20-50(47)45-55)63-32-16-31-62-64(63)60-29-12-13-30-61(60)65(62,56-25-6-2-7-26-56)57-27-8-3-9-28-57/h1-45H. The topological polar surface area (TPSA) is 3.24 Å². The first-order chi connectivity index (χ1) is 32.7. The maximum Gasteiger partial charge on any atom is 0.0714 e. The van der Waals surface area contributed by atoms with Crippen LogP contribution < -0.4 is 4.90 Å². The van der Waals surface area contributed by atoms with Crippen molar-refractivity contribution >= 4 is 27.8 Å². The molecule has 1 aliphatic rings. The van der Waals surface area contributed by atoms with Crippen LogP contribution in [0.1, 0.15) is 22.3 Å². The van der Waals surface area contributed by atoms with Crippen LogP contribution >= 0.6 is 0 Å². The normalized spacial score (nSPS) is 12.4. The second-order valence-corrected chi connectivity index (χ2v) is 17.2. The summed E-state index contributed by atoms with van der Waals surface area (Å²) in [5.41, 5.74) is 19.9. The minimum atomic E-state index is -0.510. The molecule has 0 heterocycles. The third kappa shape index (κ3) is 6.73. The molecule has 0 N–H and O–H groups in total. The maximum absolute atomic E-state index is 2.46. The molecule has 0 spiro atoms. The molecule has 11 aromatic rings. The van der Waals surface area contributed by atoms with Crippen molar-refractivity contribution in [2.24, 2.45) is 0 Å². The summed E-state index contributed by atoms with van der Waals surface area (Å²) in [5.74, 6) is 0. The molecular formula is C65H45N. The van der Waals surface area contributed by atoms with Crippen molar-refractivity contribution in [2.75, 3.05) is 4.90 Å². The van der Waals surface area contributed by atoms with Gasteiger partial charge in [-0.25, -0.2) is 0 Å². The van der Waals surface area contributed by atoms with E-state index in [1.54, 1.807) is 0 Å².